The molecule has 0 spiro atoms. The summed E-state index contributed by atoms with van der Waals surface area (Å²) < 4.78 is 5.85. The van der Waals surface area contributed by atoms with E-state index < -0.39 is 6.23 Å². The molecule has 0 saturated heterocycles. The van der Waals surface area contributed by atoms with Crippen molar-refractivity contribution in [3.63, 3.8) is 0 Å². The largest absolute Gasteiger partial charge is 0.456 e. The van der Waals surface area contributed by atoms with Gasteiger partial charge in [-0.2, -0.15) is 0 Å². The van der Waals surface area contributed by atoms with Crippen LogP contribution in [0.15, 0.2) is 48.4 Å². The highest BCUT2D eigenvalue weighted by Gasteiger charge is 2.26. The summed E-state index contributed by atoms with van der Waals surface area (Å²) in [5.41, 5.74) is 10.5. The summed E-state index contributed by atoms with van der Waals surface area (Å²) in [4.78, 5) is 9.23. The van der Waals surface area contributed by atoms with E-state index in [1.165, 1.54) is 12.0 Å². The summed E-state index contributed by atoms with van der Waals surface area (Å²) >= 11 is 0. The molecule has 4 atom stereocenters. The fourth-order valence-electron chi connectivity index (χ4n) is 4.06. The Hall–Kier alpha value is -2.77. The maximum Gasteiger partial charge on any atom is 0.194 e. The van der Waals surface area contributed by atoms with Crippen LogP contribution in [0.25, 0.3) is 5.57 Å². The number of nitrogens with one attached hydrogen (secondary N) is 3. The van der Waals surface area contributed by atoms with E-state index in [1.54, 1.807) is 6.20 Å². The lowest BCUT2D eigenvalue weighted by molar-refractivity contribution is 0.176. The molecule has 3 rings (SSSR count). The molecule has 7 heteroatoms. The van der Waals surface area contributed by atoms with Gasteiger partial charge in [0.15, 0.2) is 12.1 Å². The minimum absolute atomic E-state index is 0.143. The molecule has 7 nitrogen and oxygen atoms in total. The number of aryl methyl sites for hydroxylation is 1. The molecule has 1 aromatic rings. The van der Waals surface area contributed by atoms with Crippen LogP contribution in [-0.4, -0.2) is 35.5 Å². The number of hydrogen-bond acceptors (Lipinski definition) is 7. The Kier molecular flexibility index (Phi) is 8.58. The summed E-state index contributed by atoms with van der Waals surface area (Å²) in [5, 5.41) is 15.1. The molecule has 0 bridgehead atoms. The van der Waals surface area contributed by atoms with Gasteiger partial charge in [0.25, 0.3) is 0 Å². The van der Waals surface area contributed by atoms with E-state index >= 15 is 0 Å². The number of aromatic nitrogens is 2. The number of nitrogens with two attached hydrogens (primary N) is 1. The van der Waals surface area contributed by atoms with Crippen molar-refractivity contribution in [3.05, 3.63) is 65.4 Å². The Morgan fingerprint density at radius 3 is 2.73 bits per heavy atom. The van der Waals surface area contributed by atoms with Gasteiger partial charge in [-0.3, -0.25) is 16.1 Å². The highest BCUT2D eigenvalue weighted by Crippen LogP contribution is 2.27. The number of nitrogens with zero attached hydrogens (tertiary/aromatic N) is 2. The maximum atomic E-state index is 8.49. The molecule has 1 aliphatic heterocycles. The first-order valence-electron chi connectivity index (χ1n) is 11.8. The Morgan fingerprint density at radius 1 is 1.30 bits per heavy atom. The number of rotatable bonds is 9. The van der Waals surface area contributed by atoms with E-state index in [4.69, 9.17) is 20.9 Å². The highest BCUT2D eigenvalue weighted by molar-refractivity contribution is 5.79. The molecule has 1 aliphatic carbocycles. The molecule has 0 saturated carbocycles. The summed E-state index contributed by atoms with van der Waals surface area (Å²) in [6.07, 6.45) is 15.7. The molecule has 0 fully saturated rings. The Labute approximate surface area is 197 Å². The van der Waals surface area contributed by atoms with Gasteiger partial charge in [0.1, 0.15) is 5.69 Å². The Balaban J connectivity index is 1.66. The van der Waals surface area contributed by atoms with Crippen molar-refractivity contribution in [1.29, 1.82) is 5.41 Å². The lowest BCUT2D eigenvalue weighted by Crippen LogP contribution is -2.29. The lowest BCUT2D eigenvalue weighted by Gasteiger charge is -2.26. The van der Waals surface area contributed by atoms with Crippen LogP contribution in [0.1, 0.15) is 56.9 Å². The monoisotopic (exact) mass is 450 g/mol. The van der Waals surface area contributed by atoms with Crippen molar-refractivity contribution in [2.24, 2.45) is 23.5 Å². The summed E-state index contributed by atoms with van der Waals surface area (Å²) in [5.74, 6) is 0.840. The van der Waals surface area contributed by atoms with Crippen LogP contribution >= 0.6 is 0 Å². The lowest BCUT2D eigenvalue weighted by atomic mass is 9.87. The van der Waals surface area contributed by atoms with Crippen molar-refractivity contribution in [2.45, 2.75) is 52.8 Å². The molecule has 0 radical (unpaired) electrons. The molecule has 1 aromatic heterocycles. The average Bonchev–Trinajstić information content (AvgIpc) is 2.78. The van der Waals surface area contributed by atoms with Crippen LogP contribution in [0.2, 0.25) is 0 Å². The van der Waals surface area contributed by atoms with Crippen molar-refractivity contribution in [2.75, 3.05) is 13.6 Å². The maximum absolute atomic E-state index is 8.49. The molecule has 2 aliphatic rings. The third kappa shape index (κ3) is 6.62. The zero-order valence-electron chi connectivity index (χ0n) is 20.4. The Morgan fingerprint density at radius 2 is 2.09 bits per heavy atom. The summed E-state index contributed by atoms with van der Waals surface area (Å²) in [7, 11) is 1.92. The van der Waals surface area contributed by atoms with E-state index in [9.17, 15) is 0 Å². The first-order chi connectivity index (χ1) is 15.8. The molecule has 0 amide bonds. The number of likely N-dealkylation sites (N-methyl/N-ethyl adjacent to an activating group) is 1. The van der Waals surface area contributed by atoms with Gasteiger partial charge in [-0.15, -0.1) is 0 Å². The van der Waals surface area contributed by atoms with Gasteiger partial charge in [-0.1, -0.05) is 51.2 Å². The molecular weight excluding hydrogens is 412 g/mol. The number of dihydropyridines is 1. The smallest absolute Gasteiger partial charge is 0.194 e. The second-order valence-electron chi connectivity index (χ2n) is 9.35. The topological polar surface area (TPSA) is 109 Å². The fraction of sp³-hybridized carbons (Fsp3) is 0.500. The number of ether oxygens (including phenoxy) is 1. The first-order valence-corrected chi connectivity index (χ1v) is 11.8. The van der Waals surface area contributed by atoms with Gasteiger partial charge in [0.2, 0.25) is 0 Å². The third-order valence-electron chi connectivity index (χ3n) is 6.07. The second kappa shape index (κ2) is 11.4. The molecule has 5 N–H and O–H groups in total. The zero-order valence-corrected chi connectivity index (χ0v) is 20.4. The van der Waals surface area contributed by atoms with Crippen molar-refractivity contribution < 1.29 is 4.74 Å². The highest BCUT2D eigenvalue weighted by atomic mass is 16.5. The van der Waals surface area contributed by atoms with Gasteiger partial charge in [-0.25, -0.2) is 4.98 Å². The molecule has 4 unspecified atom stereocenters. The van der Waals surface area contributed by atoms with Crippen LogP contribution in [0.4, 0.5) is 0 Å². The van der Waals surface area contributed by atoms with Gasteiger partial charge in [0.05, 0.1) is 23.5 Å². The van der Waals surface area contributed by atoms with E-state index in [0.29, 0.717) is 23.3 Å². The molecule has 2 heterocycles. The van der Waals surface area contributed by atoms with E-state index in [-0.39, 0.29) is 17.7 Å². The zero-order chi connectivity index (χ0) is 24.0. The quantitative estimate of drug-likeness (QED) is 0.257. The van der Waals surface area contributed by atoms with E-state index in [2.05, 4.69) is 54.6 Å². The summed E-state index contributed by atoms with van der Waals surface area (Å²) in [6, 6.07) is 0.341. The normalized spacial score (nSPS) is 23.1. The minimum atomic E-state index is -0.854. The fourth-order valence-corrected chi connectivity index (χ4v) is 4.06. The van der Waals surface area contributed by atoms with E-state index in [0.717, 1.165) is 24.2 Å². The van der Waals surface area contributed by atoms with Crippen molar-refractivity contribution in [1.82, 2.24) is 20.6 Å². The van der Waals surface area contributed by atoms with Crippen LogP contribution < -0.4 is 16.4 Å². The van der Waals surface area contributed by atoms with Gasteiger partial charge in [-0.05, 0) is 44.2 Å². The van der Waals surface area contributed by atoms with Crippen molar-refractivity contribution >= 4 is 11.5 Å². The average molecular weight is 451 g/mol. The molecule has 0 aromatic carbocycles. The number of hydrogen-bond donors (Lipinski definition) is 4. The molecule has 33 heavy (non-hydrogen) atoms. The van der Waals surface area contributed by atoms with Gasteiger partial charge in [0, 0.05) is 24.4 Å². The standard InChI is InChI=1S/C26H38N6O/c1-16(2)6-9-21-10-8-20(14-31-21)23-15-30-18(4)24(32-23)26(28)33-25(27)22-11-7-19(13-29-5)12-17(22)3/h7-8,10-12,14-17,21-22,26-27,29,31H,6,9,13,28H2,1-5H3. The van der Waals surface area contributed by atoms with Crippen LogP contribution in [-0.2, 0) is 4.74 Å². The number of allylic oxidation sites excluding steroid dienone is 3. The molecule has 178 valence electrons. The van der Waals surface area contributed by atoms with Crippen LogP contribution in [0, 0.1) is 30.1 Å². The predicted octanol–water partition coefficient (Wildman–Crippen LogP) is 4.01. The minimum Gasteiger partial charge on any atom is -0.456 e. The Bertz CT molecular complexity index is 962. The molecular formula is C26H38N6O. The van der Waals surface area contributed by atoms with Gasteiger partial charge >= 0.3 is 0 Å². The van der Waals surface area contributed by atoms with Crippen molar-refractivity contribution in [3.8, 4) is 0 Å². The first kappa shape index (κ1) is 24.9. The van der Waals surface area contributed by atoms with Crippen LogP contribution in [0.3, 0.4) is 0 Å². The third-order valence-corrected chi connectivity index (χ3v) is 6.07. The van der Waals surface area contributed by atoms with Gasteiger partial charge < -0.3 is 15.4 Å². The van der Waals surface area contributed by atoms with E-state index in [1.807, 2.05) is 32.3 Å². The SMILES string of the molecule is CNCC1=CC(C)C(C(=N)OC(N)c2nc(C3=CNC(CCC(C)C)C=C3)cnc2C)C=C1. The summed E-state index contributed by atoms with van der Waals surface area (Å²) in [6.45, 7) is 9.24. The predicted molar refractivity (Wildman–Crippen MR) is 134 cm³/mol. The second-order valence-corrected chi connectivity index (χ2v) is 9.35. The van der Waals surface area contributed by atoms with Crippen LogP contribution in [0.5, 0.6) is 0 Å².